The molecule has 2 aromatic rings. The van der Waals surface area contributed by atoms with Crippen LogP contribution < -0.4 is 15.1 Å². The first-order chi connectivity index (χ1) is 13.4. The van der Waals surface area contributed by atoms with Gasteiger partial charge < -0.3 is 9.64 Å². The Balaban J connectivity index is 1.59. The van der Waals surface area contributed by atoms with Crippen molar-refractivity contribution in [2.75, 3.05) is 18.1 Å². The summed E-state index contributed by atoms with van der Waals surface area (Å²) in [5.41, 5.74) is 5.68. The van der Waals surface area contributed by atoms with Gasteiger partial charge in [-0.3, -0.25) is 9.59 Å². The minimum absolute atomic E-state index is 0.134. The molecule has 3 rings (SSSR count). The predicted molar refractivity (Wildman–Crippen MR) is 110 cm³/mol. The van der Waals surface area contributed by atoms with Crippen LogP contribution in [0.15, 0.2) is 47.6 Å². The number of hydrogen-bond acceptors (Lipinski definition) is 4. The van der Waals surface area contributed by atoms with Crippen LogP contribution in [0.25, 0.3) is 0 Å². The van der Waals surface area contributed by atoms with Crippen LogP contribution in [0.1, 0.15) is 30.9 Å². The third-order valence-electron chi connectivity index (χ3n) is 4.49. The molecule has 28 heavy (non-hydrogen) atoms. The van der Waals surface area contributed by atoms with Gasteiger partial charge >= 0.3 is 0 Å². The summed E-state index contributed by atoms with van der Waals surface area (Å²) in [5.74, 6) is 0.373. The molecule has 0 radical (unpaired) electrons. The lowest BCUT2D eigenvalue weighted by Gasteiger charge is -2.16. The Labute approximate surface area is 169 Å². The van der Waals surface area contributed by atoms with E-state index in [1.165, 1.54) is 0 Å². The van der Waals surface area contributed by atoms with Crippen molar-refractivity contribution < 1.29 is 14.3 Å². The number of carbonyl (C=O) groups excluding carboxylic acids is 2. The highest BCUT2D eigenvalue weighted by Gasteiger charge is 2.21. The molecule has 146 valence electrons. The van der Waals surface area contributed by atoms with E-state index < -0.39 is 0 Å². The Kier molecular flexibility index (Phi) is 6.31. The molecule has 1 fully saturated rings. The highest BCUT2D eigenvalue weighted by molar-refractivity contribution is 6.30. The molecule has 1 aliphatic rings. The van der Waals surface area contributed by atoms with Gasteiger partial charge in [0.1, 0.15) is 5.75 Å². The van der Waals surface area contributed by atoms with Crippen molar-refractivity contribution >= 4 is 34.8 Å². The van der Waals surface area contributed by atoms with Crippen LogP contribution in [-0.2, 0) is 9.59 Å². The number of hydrogen-bond donors (Lipinski definition) is 1. The predicted octanol–water partition coefficient (Wildman–Crippen LogP) is 3.69. The second kappa shape index (κ2) is 8.89. The van der Waals surface area contributed by atoms with Gasteiger partial charge in [-0.1, -0.05) is 23.7 Å². The Morgan fingerprint density at radius 2 is 2.11 bits per heavy atom. The Morgan fingerprint density at radius 1 is 1.29 bits per heavy atom. The third-order valence-corrected chi connectivity index (χ3v) is 4.73. The first kappa shape index (κ1) is 19.9. The highest BCUT2D eigenvalue weighted by Crippen LogP contribution is 2.23. The second-order valence-corrected chi connectivity index (χ2v) is 7.07. The van der Waals surface area contributed by atoms with Crippen LogP contribution in [0.5, 0.6) is 5.75 Å². The maximum Gasteiger partial charge on any atom is 0.277 e. The van der Waals surface area contributed by atoms with Crippen molar-refractivity contribution in [3.8, 4) is 5.75 Å². The van der Waals surface area contributed by atoms with Gasteiger partial charge in [0.05, 0.1) is 5.71 Å². The molecule has 2 aromatic carbocycles. The third kappa shape index (κ3) is 4.89. The fourth-order valence-corrected chi connectivity index (χ4v) is 3.21. The van der Waals surface area contributed by atoms with E-state index in [-0.39, 0.29) is 18.4 Å². The molecule has 0 unspecified atom stereocenters. The summed E-state index contributed by atoms with van der Waals surface area (Å²) in [5, 5.41) is 4.76. The van der Waals surface area contributed by atoms with Crippen LogP contribution in [0, 0.1) is 6.92 Å². The average Bonchev–Trinajstić information content (AvgIpc) is 3.11. The number of carbonyl (C=O) groups is 2. The summed E-state index contributed by atoms with van der Waals surface area (Å²) in [6.45, 7) is 4.24. The normalized spacial score (nSPS) is 14.3. The number of anilines is 1. The van der Waals surface area contributed by atoms with Gasteiger partial charge in [-0.05, 0) is 61.7 Å². The number of benzene rings is 2. The van der Waals surface area contributed by atoms with Crippen molar-refractivity contribution in [2.24, 2.45) is 5.10 Å². The molecule has 1 aliphatic heterocycles. The van der Waals surface area contributed by atoms with E-state index in [1.54, 1.807) is 30.0 Å². The van der Waals surface area contributed by atoms with Gasteiger partial charge in [0.15, 0.2) is 6.61 Å². The van der Waals surface area contributed by atoms with E-state index in [0.29, 0.717) is 22.9 Å². The molecule has 1 heterocycles. The molecular weight excluding hydrogens is 378 g/mol. The fourth-order valence-electron chi connectivity index (χ4n) is 2.98. The molecule has 0 bridgehead atoms. The number of hydrazone groups is 1. The maximum absolute atomic E-state index is 12.0. The second-order valence-electron chi connectivity index (χ2n) is 6.63. The summed E-state index contributed by atoms with van der Waals surface area (Å²) < 4.78 is 5.51. The molecule has 1 N–H and O–H groups in total. The number of rotatable bonds is 6. The SMILES string of the molecule is C/C(=N/NC(=O)COc1ccc(Cl)cc1C)c1cccc(N2CCCC2=O)c1. The molecule has 0 atom stereocenters. The van der Waals surface area contributed by atoms with Crippen molar-refractivity contribution in [3.63, 3.8) is 0 Å². The lowest BCUT2D eigenvalue weighted by atomic mass is 10.1. The zero-order chi connectivity index (χ0) is 20.1. The summed E-state index contributed by atoms with van der Waals surface area (Å²) in [6, 6.07) is 12.8. The minimum Gasteiger partial charge on any atom is -0.483 e. The molecule has 6 nitrogen and oxygen atoms in total. The lowest BCUT2D eigenvalue weighted by molar-refractivity contribution is -0.123. The summed E-state index contributed by atoms with van der Waals surface area (Å²) in [4.78, 5) is 25.7. The Morgan fingerprint density at radius 3 is 2.82 bits per heavy atom. The molecule has 2 amide bonds. The van der Waals surface area contributed by atoms with Crippen LogP contribution >= 0.6 is 11.6 Å². The largest absolute Gasteiger partial charge is 0.483 e. The van der Waals surface area contributed by atoms with E-state index >= 15 is 0 Å². The zero-order valence-electron chi connectivity index (χ0n) is 15.9. The van der Waals surface area contributed by atoms with Crippen LogP contribution in [0.2, 0.25) is 5.02 Å². The lowest BCUT2D eigenvalue weighted by Crippen LogP contribution is -2.26. The van der Waals surface area contributed by atoms with Crippen molar-refractivity contribution in [1.29, 1.82) is 0 Å². The number of nitrogens with one attached hydrogen (secondary N) is 1. The van der Waals surface area contributed by atoms with Crippen LogP contribution in [0.4, 0.5) is 5.69 Å². The summed E-state index contributed by atoms with van der Waals surface area (Å²) >= 11 is 5.91. The van der Waals surface area contributed by atoms with Crippen LogP contribution in [-0.4, -0.2) is 30.7 Å². The summed E-state index contributed by atoms with van der Waals surface area (Å²) in [6.07, 6.45) is 1.46. The van der Waals surface area contributed by atoms with Crippen LogP contribution in [0.3, 0.4) is 0 Å². The minimum atomic E-state index is -0.362. The summed E-state index contributed by atoms with van der Waals surface area (Å²) in [7, 11) is 0. The molecule has 0 spiro atoms. The van der Waals surface area contributed by atoms with Gasteiger partial charge in [-0.25, -0.2) is 5.43 Å². The Hall–Kier alpha value is -2.86. The number of amides is 2. The highest BCUT2D eigenvalue weighted by atomic mass is 35.5. The molecule has 0 aromatic heterocycles. The number of nitrogens with zero attached hydrogens (tertiary/aromatic N) is 2. The van der Waals surface area contributed by atoms with E-state index in [9.17, 15) is 9.59 Å². The van der Waals surface area contributed by atoms with Gasteiger partial charge in [0.25, 0.3) is 5.91 Å². The van der Waals surface area contributed by atoms with Crippen molar-refractivity contribution in [2.45, 2.75) is 26.7 Å². The van der Waals surface area contributed by atoms with Gasteiger partial charge in [0, 0.05) is 23.7 Å². The molecule has 1 saturated heterocycles. The topological polar surface area (TPSA) is 71.0 Å². The van der Waals surface area contributed by atoms with E-state index in [1.807, 2.05) is 31.2 Å². The quantitative estimate of drug-likeness (QED) is 0.594. The first-order valence-corrected chi connectivity index (χ1v) is 9.45. The van der Waals surface area contributed by atoms with Crippen molar-refractivity contribution in [1.82, 2.24) is 5.43 Å². The first-order valence-electron chi connectivity index (χ1n) is 9.07. The number of halogens is 1. The number of aryl methyl sites for hydroxylation is 1. The number of ether oxygens (including phenoxy) is 1. The van der Waals surface area contributed by atoms with Crippen molar-refractivity contribution in [3.05, 3.63) is 58.6 Å². The molecule has 0 aliphatic carbocycles. The van der Waals surface area contributed by atoms with E-state index in [0.717, 1.165) is 29.8 Å². The smallest absolute Gasteiger partial charge is 0.277 e. The molecule has 7 heteroatoms. The van der Waals surface area contributed by atoms with E-state index in [4.69, 9.17) is 16.3 Å². The van der Waals surface area contributed by atoms with Gasteiger partial charge in [-0.2, -0.15) is 5.10 Å². The Bertz CT molecular complexity index is 927. The molecular formula is C21H22ClN3O3. The van der Waals surface area contributed by atoms with Gasteiger partial charge in [0.2, 0.25) is 5.91 Å². The monoisotopic (exact) mass is 399 g/mol. The average molecular weight is 400 g/mol. The zero-order valence-corrected chi connectivity index (χ0v) is 16.6. The van der Waals surface area contributed by atoms with Gasteiger partial charge in [-0.15, -0.1) is 0 Å². The standard InChI is InChI=1S/C21H22ClN3O3/c1-14-11-17(22)8-9-19(14)28-13-20(26)24-23-15(2)16-5-3-6-18(12-16)25-10-4-7-21(25)27/h3,5-6,8-9,11-12H,4,7,10,13H2,1-2H3,(H,24,26)/b23-15-. The maximum atomic E-state index is 12.0. The molecule has 0 saturated carbocycles. The fraction of sp³-hybridized carbons (Fsp3) is 0.286. The van der Waals surface area contributed by atoms with E-state index in [2.05, 4.69) is 10.5 Å².